The number of pyridine rings is 1. The second kappa shape index (κ2) is 13.2. The number of carboxylic acids is 1. The number of hydrogen-bond acceptors (Lipinski definition) is 8. The molecule has 0 bridgehead atoms. The minimum Gasteiger partial charge on any atom is -0.478 e. The van der Waals surface area contributed by atoms with Crippen molar-refractivity contribution in [2.45, 2.75) is 91.7 Å². The van der Waals surface area contributed by atoms with Gasteiger partial charge in [-0.25, -0.2) is 14.8 Å². The molecule has 242 valence electrons. The molecular weight excluding hydrogens is 588 g/mol. The number of ether oxygens (including phenoxy) is 1. The molecule has 2 aliphatic rings. The molecule has 1 aliphatic carbocycles. The summed E-state index contributed by atoms with van der Waals surface area (Å²) in [5.41, 5.74) is 3.71. The average Bonchev–Trinajstić information content (AvgIpc) is 3.39. The SMILES string of the molecule is CC(C)(C)OC(=O)C1CCN(CC[C@@H](NC(=O)c2nc3cc4c(nc3s2)CCC(C(C)(C)C)C4)c2cccc(C(=O)O)c2)CC1. The predicted octanol–water partition coefficient (Wildman–Crippen LogP) is 6.46. The number of carboxylic acid groups (broad SMARTS) is 1. The van der Waals surface area contributed by atoms with Gasteiger partial charge in [0.05, 0.1) is 17.5 Å². The van der Waals surface area contributed by atoms with Crippen molar-refractivity contribution >= 4 is 39.5 Å². The predicted molar refractivity (Wildman–Crippen MR) is 176 cm³/mol. The number of piperidine rings is 1. The van der Waals surface area contributed by atoms with Gasteiger partial charge < -0.3 is 20.1 Å². The summed E-state index contributed by atoms with van der Waals surface area (Å²) in [6.45, 7) is 14.7. The number of fused-ring (bicyclic) bond motifs is 2. The van der Waals surface area contributed by atoms with Gasteiger partial charge in [-0.05, 0) is 113 Å². The third kappa shape index (κ3) is 8.27. The van der Waals surface area contributed by atoms with E-state index in [2.05, 4.69) is 37.1 Å². The minimum atomic E-state index is -1.01. The lowest BCUT2D eigenvalue weighted by Crippen LogP contribution is -2.40. The van der Waals surface area contributed by atoms with E-state index in [9.17, 15) is 19.5 Å². The number of thiazole rings is 1. The van der Waals surface area contributed by atoms with Crippen molar-refractivity contribution < 1.29 is 24.2 Å². The van der Waals surface area contributed by atoms with Crippen molar-refractivity contribution in [1.82, 2.24) is 20.2 Å². The second-order valence-corrected chi connectivity index (χ2v) is 15.6. The number of rotatable bonds is 8. The van der Waals surface area contributed by atoms with Crippen LogP contribution in [-0.2, 0) is 22.4 Å². The number of amides is 1. The Morgan fingerprint density at radius 2 is 1.80 bits per heavy atom. The van der Waals surface area contributed by atoms with Gasteiger partial charge in [-0.2, -0.15) is 0 Å². The first-order chi connectivity index (χ1) is 21.2. The fraction of sp³-hybridized carbons (Fsp3) is 0.571. The monoisotopic (exact) mass is 634 g/mol. The summed E-state index contributed by atoms with van der Waals surface area (Å²) in [6.07, 6.45) is 5.04. The Balaban J connectivity index is 1.29. The van der Waals surface area contributed by atoms with E-state index in [0.29, 0.717) is 23.9 Å². The van der Waals surface area contributed by atoms with Crippen LogP contribution in [0.5, 0.6) is 0 Å². The van der Waals surface area contributed by atoms with E-state index < -0.39 is 17.6 Å². The number of nitrogens with zero attached hydrogens (tertiary/aromatic N) is 3. The van der Waals surface area contributed by atoms with Gasteiger partial charge in [-0.1, -0.05) is 44.2 Å². The number of aryl methyl sites for hydroxylation is 1. The Kier molecular flexibility index (Phi) is 9.65. The molecule has 1 amide bonds. The third-order valence-electron chi connectivity index (χ3n) is 9.07. The first-order valence-corrected chi connectivity index (χ1v) is 16.9. The molecule has 0 radical (unpaired) electrons. The molecule has 0 spiro atoms. The molecule has 5 rings (SSSR count). The number of aromatic carboxylic acids is 1. The first-order valence-electron chi connectivity index (χ1n) is 16.0. The van der Waals surface area contributed by atoms with Crippen molar-refractivity contribution in [3.05, 3.63) is 57.7 Å². The van der Waals surface area contributed by atoms with Gasteiger partial charge in [-0.15, -0.1) is 0 Å². The molecule has 3 heterocycles. The van der Waals surface area contributed by atoms with E-state index in [1.807, 2.05) is 26.8 Å². The van der Waals surface area contributed by atoms with Crippen LogP contribution in [0.4, 0.5) is 0 Å². The molecule has 1 aliphatic heterocycles. The van der Waals surface area contributed by atoms with Crippen LogP contribution in [-0.4, -0.2) is 63.1 Å². The second-order valence-electron chi connectivity index (χ2n) is 14.6. The number of esters is 1. The first kappa shape index (κ1) is 33.0. The zero-order valence-electron chi connectivity index (χ0n) is 27.3. The zero-order chi connectivity index (χ0) is 32.5. The molecule has 1 fully saturated rings. The topological polar surface area (TPSA) is 122 Å². The van der Waals surface area contributed by atoms with Crippen LogP contribution in [0.15, 0.2) is 30.3 Å². The molecule has 0 saturated carbocycles. The van der Waals surface area contributed by atoms with E-state index in [-0.39, 0.29) is 28.8 Å². The molecule has 1 saturated heterocycles. The maximum absolute atomic E-state index is 13.6. The van der Waals surface area contributed by atoms with Crippen LogP contribution in [0.3, 0.4) is 0 Å². The third-order valence-corrected chi connectivity index (χ3v) is 10.0. The molecule has 10 heteroatoms. The molecular formula is C35H46N4O5S. The Labute approximate surface area is 269 Å². The van der Waals surface area contributed by atoms with E-state index in [1.54, 1.807) is 18.2 Å². The van der Waals surface area contributed by atoms with Crippen LogP contribution in [0, 0.1) is 17.3 Å². The average molecular weight is 635 g/mol. The molecule has 45 heavy (non-hydrogen) atoms. The summed E-state index contributed by atoms with van der Waals surface area (Å²) in [5.74, 6) is -0.978. The number of benzene rings is 1. The summed E-state index contributed by atoms with van der Waals surface area (Å²) < 4.78 is 5.59. The van der Waals surface area contributed by atoms with Gasteiger partial charge in [0, 0.05) is 12.2 Å². The van der Waals surface area contributed by atoms with Gasteiger partial charge in [0.25, 0.3) is 5.91 Å². The number of aromatic nitrogens is 2. The molecule has 1 unspecified atom stereocenters. The van der Waals surface area contributed by atoms with Gasteiger partial charge in [0.1, 0.15) is 15.9 Å². The van der Waals surface area contributed by atoms with Crippen molar-refractivity contribution in [3.63, 3.8) is 0 Å². The molecule has 9 nitrogen and oxygen atoms in total. The summed E-state index contributed by atoms with van der Waals surface area (Å²) in [6, 6.07) is 8.44. The maximum Gasteiger partial charge on any atom is 0.335 e. The van der Waals surface area contributed by atoms with Crippen LogP contribution in [0.1, 0.15) is 110 Å². The van der Waals surface area contributed by atoms with Gasteiger partial charge >= 0.3 is 11.9 Å². The van der Waals surface area contributed by atoms with E-state index >= 15 is 0 Å². The zero-order valence-corrected chi connectivity index (χ0v) is 28.1. The summed E-state index contributed by atoms with van der Waals surface area (Å²) in [7, 11) is 0. The van der Waals surface area contributed by atoms with Gasteiger partial charge in [0.2, 0.25) is 0 Å². The summed E-state index contributed by atoms with van der Waals surface area (Å²) in [4.78, 5) is 50.6. The largest absolute Gasteiger partial charge is 0.478 e. The summed E-state index contributed by atoms with van der Waals surface area (Å²) in [5, 5.41) is 13.1. The Bertz CT molecular complexity index is 1560. The van der Waals surface area contributed by atoms with Crippen molar-refractivity contribution in [2.75, 3.05) is 19.6 Å². The van der Waals surface area contributed by atoms with E-state index in [4.69, 9.17) is 14.7 Å². The number of nitrogens with one attached hydrogen (secondary N) is 1. The van der Waals surface area contributed by atoms with Crippen molar-refractivity contribution in [2.24, 2.45) is 17.3 Å². The Morgan fingerprint density at radius 3 is 2.47 bits per heavy atom. The standard InChI is InChI=1S/C35H46N4O5S/c1-34(2,3)25-10-11-26-24(19-25)20-28-30(37-26)45-31(38-28)29(40)36-27(22-8-7-9-23(18-22)32(41)42)14-17-39-15-12-21(13-16-39)33(43)44-35(4,5)6/h7-9,18,20-21,25,27H,10-17,19H2,1-6H3,(H,36,40)(H,41,42)/t25?,27-/m1/s1. The maximum atomic E-state index is 13.6. The Hall–Kier alpha value is -3.37. The quantitative estimate of drug-likeness (QED) is 0.271. The molecule has 2 aromatic heterocycles. The fourth-order valence-corrected chi connectivity index (χ4v) is 7.21. The van der Waals surface area contributed by atoms with Crippen LogP contribution >= 0.6 is 11.3 Å². The lowest BCUT2D eigenvalue weighted by Gasteiger charge is -2.34. The van der Waals surface area contributed by atoms with Gasteiger partial charge in [0.15, 0.2) is 5.01 Å². The van der Waals surface area contributed by atoms with Crippen LogP contribution in [0.25, 0.3) is 10.3 Å². The van der Waals surface area contributed by atoms with Gasteiger partial charge in [-0.3, -0.25) is 9.59 Å². The number of likely N-dealkylation sites (tertiary alicyclic amines) is 1. The van der Waals surface area contributed by atoms with Crippen molar-refractivity contribution in [3.8, 4) is 0 Å². The Morgan fingerprint density at radius 1 is 1.07 bits per heavy atom. The highest BCUT2D eigenvalue weighted by Gasteiger charge is 2.31. The highest BCUT2D eigenvalue weighted by atomic mass is 32.1. The highest BCUT2D eigenvalue weighted by molar-refractivity contribution is 7.19. The minimum absolute atomic E-state index is 0.110. The molecule has 3 aromatic rings. The number of hydrogen-bond donors (Lipinski definition) is 2. The fourth-order valence-electron chi connectivity index (χ4n) is 6.37. The number of carbonyl (C=O) groups excluding carboxylic acids is 2. The molecule has 2 atom stereocenters. The highest BCUT2D eigenvalue weighted by Crippen LogP contribution is 2.38. The van der Waals surface area contributed by atoms with E-state index in [0.717, 1.165) is 66.8 Å². The lowest BCUT2D eigenvalue weighted by molar-refractivity contribution is -0.161. The number of carbonyl (C=O) groups is 3. The smallest absolute Gasteiger partial charge is 0.335 e. The van der Waals surface area contributed by atoms with E-state index in [1.165, 1.54) is 16.9 Å². The lowest BCUT2D eigenvalue weighted by atomic mass is 9.71. The normalized spacial score (nSPS) is 18.8. The van der Waals surface area contributed by atoms with Crippen LogP contribution < -0.4 is 5.32 Å². The van der Waals surface area contributed by atoms with Crippen molar-refractivity contribution in [1.29, 1.82) is 0 Å². The molecule has 1 aromatic carbocycles. The van der Waals surface area contributed by atoms with Crippen LogP contribution in [0.2, 0.25) is 0 Å². The molecule has 2 N–H and O–H groups in total. The summed E-state index contributed by atoms with van der Waals surface area (Å²) >= 11 is 1.30.